The van der Waals surface area contributed by atoms with Gasteiger partial charge in [-0.3, -0.25) is 14.9 Å². The second-order valence-corrected chi connectivity index (χ2v) is 12.2. The van der Waals surface area contributed by atoms with Gasteiger partial charge in [0.1, 0.15) is 5.75 Å². The molecule has 206 valence electrons. The molecule has 0 atom stereocenters. The number of carbonyl (C=O) groups excluding carboxylic acids is 2. The van der Waals surface area contributed by atoms with Gasteiger partial charge in [0.25, 0.3) is 5.91 Å². The summed E-state index contributed by atoms with van der Waals surface area (Å²) < 4.78 is 35.9. The normalized spacial score (nSPS) is 17.6. The van der Waals surface area contributed by atoms with E-state index in [4.69, 9.17) is 9.47 Å². The molecule has 4 rings (SSSR count). The van der Waals surface area contributed by atoms with Crippen molar-refractivity contribution < 1.29 is 32.7 Å². The molecule has 2 saturated heterocycles. The van der Waals surface area contributed by atoms with E-state index in [-0.39, 0.29) is 37.0 Å². The molecular formula is C27H35N3O7S. The lowest BCUT2D eigenvalue weighted by Crippen LogP contribution is -2.54. The number of amides is 3. The fourth-order valence-electron chi connectivity index (χ4n) is 4.88. The minimum absolute atomic E-state index is 0.0224. The highest BCUT2D eigenvalue weighted by molar-refractivity contribution is 7.93. The van der Waals surface area contributed by atoms with Gasteiger partial charge < -0.3 is 14.4 Å². The lowest BCUT2D eigenvalue weighted by Gasteiger charge is -2.34. The van der Waals surface area contributed by atoms with Crippen LogP contribution in [0, 0.1) is 0 Å². The van der Waals surface area contributed by atoms with Gasteiger partial charge in [0.05, 0.1) is 11.5 Å². The number of hydroxylamine groups is 1. The van der Waals surface area contributed by atoms with Crippen LogP contribution >= 0.6 is 0 Å². The maximum atomic E-state index is 13.3. The van der Waals surface area contributed by atoms with Crippen LogP contribution in [-0.4, -0.2) is 74.7 Å². The first-order chi connectivity index (χ1) is 18.2. The van der Waals surface area contributed by atoms with Crippen LogP contribution in [0.1, 0.15) is 44.6 Å². The van der Waals surface area contributed by atoms with Gasteiger partial charge >= 0.3 is 6.03 Å². The zero-order chi connectivity index (χ0) is 27.3. The Labute approximate surface area is 223 Å². The van der Waals surface area contributed by atoms with Crippen LogP contribution < -0.4 is 15.1 Å². The van der Waals surface area contributed by atoms with E-state index in [1.807, 2.05) is 12.1 Å². The monoisotopic (exact) mass is 545 g/mol. The molecule has 11 heteroatoms. The minimum Gasteiger partial charge on any atom is -0.494 e. The number of benzene rings is 2. The molecule has 0 radical (unpaired) electrons. The van der Waals surface area contributed by atoms with Gasteiger partial charge in [-0.25, -0.2) is 18.7 Å². The number of hydrogen-bond donors (Lipinski definition) is 2. The summed E-state index contributed by atoms with van der Waals surface area (Å²) >= 11 is 0. The van der Waals surface area contributed by atoms with E-state index < -0.39 is 20.5 Å². The fourth-order valence-corrected chi connectivity index (χ4v) is 6.82. The predicted molar refractivity (Wildman–Crippen MR) is 141 cm³/mol. The van der Waals surface area contributed by atoms with Crippen molar-refractivity contribution in [2.75, 3.05) is 44.4 Å². The minimum atomic E-state index is -4.09. The third-order valence-corrected chi connectivity index (χ3v) is 9.79. The summed E-state index contributed by atoms with van der Waals surface area (Å²) in [6.45, 7) is 6.67. The van der Waals surface area contributed by atoms with E-state index in [9.17, 15) is 23.2 Å². The number of anilines is 1. The average molecular weight is 546 g/mol. The van der Waals surface area contributed by atoms with Crippen molar-refractivity contribution in [3.63, 3.8) is 0 Å². The molecular weight excluding hydrogens is 510 g/mol. The fraction of sp³-hybridized carbons (Fsp3) is 0.481. The van der Waals surface area contributed by atoms with Gasteiger partial charge in [0, 0.05) is 38.5 Å². The van der Waals surface area contributed by atoms with Crippen molar-refractivity contribution in [3.8, 4) is 5.75 Å². The van der Waals surface area contributed by atoms with Crippen LogP contribution in [0.25, 0.3) is 0 Å². The van der Waals surface area contributed by atoms with Crippen molar-refractivity contribution in [1.29, 1.82) is 0 Å². The van der Waals surface area contributed by atoms with E-state index in [0.717, 1.165) is 5.69 Å². The SMILES string of the molecule is CC(C)c1ccc(N2CCN(CCCOc3ccc(S(=O)(=O)C4(C(=O)NO)CCOCC4)cc3)C2=O)cc1. The second kappa shape index (κ2) is 11.7. The summed E-state index contributed by atoms with van der Waals surface area (Å²) in [6.07, 6.45) is 0.525. The van der Waals surface area contributed by atoms with Crippen LogP contribution in [0.15, 0.2) is 53.4 Å². The number of nitrogens with one attached hydrogen (secondary N) is 1. The quantitative estimate of drug-likeness (QED) is 0.266. The van der Waals surface area contributed by atoms with Gasteiger partial charge in [-0.15, -0.1) is 0 Å². The standard InChI is InChI=1S/C27H35N3O7S/c1-20(2)21-4-6-22(7-5-21)30-16-15-29(26(30)32)14-3-17-37-23-8-10-24(11-9-23)38(34,35)27(25(31)28-33)12-18-36-19-13-27/h4-11,20,33H,3,12-19H2,1-2H3,(H,28,31). The summed E-state index contributed by atoms with van der Waals surface area (Å²) in [5, 5.41) is 9.17. The molecule has 0 spiro atoms. The van der Waals surface area contributed by atoms with Crippen molar-refractivity contribution in [3.05, 3.63) is 54.1 Å². The molecule has 3 amide bonds. The Hall–Kier alpha value is -3.15. The summed E-state index contributed by atoms with van der Waals surface area (Å²) in [5.74, 6) is -0.0354. The third kappa shape index (κ3) is 5.50. The van der Waals surface area contributed by atoms with Crippen LogP contribution in [-0.2, 0) is 19.4 Å². The van der Waals surface area contributed by atoms with E-state index in [0.29, 0.717) is 44.3 Å². The molecule has 2 aliphatic heterocycles. The highest BCUT2D eigenvalue weighted by atomic mass is 32.2. The summed E-state index contributed by atoms with van der Waals surface area (Å²) in [4.78, 5) is 28.8. The molecule has 2 N–H and O–H groups in total. The molecule has 10 nitrogen and oxygen atoms in total. The van der Waals surface area contributed by atoms with Crippen molar-refractivity contribution in [1.82, 2.24) is 10.4 Å². The third-order valence-electron chi connectivity index (χ3n) is 7.27. The number of sulfone groups is 1. The Morgan fingerprint density at radius 2 is 1.74 bits per heavy atom. The van der Waals surface area contributed by atoms with Crippen LogP contribution in [0.5, 0.6) is 5.75 Å². The summed E-state index contributed by atoms with van der Waals surface area (Å²) in [7, 11) is -4.09. The first-order valence-electron chi connectivity index (χ1n) is 12.9. The predicted octanol–water partition coefficient (Wildman–Crippen LogP) is 3.35. The zero-order valence-electron chi connectivity index (χ0n) is 21.8. The van der Waals surface area contributed by atoms with Crippen molar-refractivity contribution in [2.24, 2.45) is 0 Å². The van der Waals surface area contributed by atoms with Crippen LogP contribution in [0.2, 0.25) is 0 Å². The first kappa shape index (κ1) is 27.9. The Morgan fingerprint density at radius 3 is 2.34 bits per heavy atom. The van der Waals surface area contributed by atoms with Crippen molar-refractivity contribution >= 4 is 27.5 Å². The number of nitrogens with zero attached hydrogens (tertiary/aromatic N) is 2. The number of carbonyl (C=O) groups is 2. The summed E-state index contributed by atoms with van der Waals surface area (Å²) in [6, 6.07) is 14.0. The Morgan fingerprint density at radius 1 is 1.08 bits per heavy atom. The second-order valence-electron chi connectivity index (χ2n) is 9.89. The largest absolute Gasteiger partial charge is 0.494 e. The highest BCUT2D eigenvalue weighted by Crippen LogP contribution is 2.36. The number of urea groups is 1. The number of rotatable bonds is 10. The molecule has 2 aliphatic rings. The molecule has 0 bridgehead atoms. The smallest absolute Gasteiger partial charge is 0.324 e. The van der Waals surface area contributed by atoms with Gasteiger partial charge in [-0.1, -0.05) is 26.0 Å². The molecule has 0 aliphatic carbocycles. The molecule has 0 unspecified atom stereocenters. The van der Waals surface area contributed by atoms with Crippen molar-refractivity contribution in [2.45, 2.75) is 48.7 Å². The van der Waals surface area contributed by atoms with Gasteiger partial charge in [0.2, 0.25) is 0 Å². The molecule has 2 aromatic carbocycles. The van der Waals surface area contributed by atoms with Gasteiger partial charge in [-0.2, -0.15) is 0 Å². The Balaban J connectivity index is 1.29. The number of ether oxygens (including phenoxy) is 2. The average Bonchev–Trinajstić information content (AvgIpc) is 3.31. The Bertz CT molecular complexity index is 1220. The molecule has 38 heavy (non-hydrogen) atoms. The first-order valence-corrected chi connectivity index (χ1v) is 14.3. The Kier molecular flexibility index (Phi) is 8.59. The van der Waals surface area contributed by atoms with Gasteiger partial charge in [0.15, 0.2) is 14.6 Å². The van der Waals surface area contributed by atoms with E-state index in [2.05, 4.69) is 26.0 Å². The number of hydrogen-bond acceptors (Lipinski definition) is 7. The molecule has 2 aromatic rings. The molecule has 2 heterocycles. The molecule has 0 aromatic heterocycles. The topological polar surface area (TPSA) is 125 Å². The van der Waals surface area contributed by atoms with E-state index >= 15 is 0 Å². The highest BCUT2D eigenvalue weighted by Gasteiger charge is 2.52. The van der Waals surface area contributed by atoms with E-state index in [1.165, 1.54) is 23.2 Å². The lowest BCUT2D eigenvalue weighted by molar-refractivity contribution is -0.134. The maximum Gasteiger partial charge on any atom is 0.324 e. The molecule has 2 fully saturated rings. The summed E-state index contributed by atoms with van der Waals surface area (Å²) in [5.41, 5.74) is 3.64. The van der Waals surface area contributed by atoms with Crippen LogP contribution in [0.3, 0.4) is 0 Å². The maximum absolute atomic E-state index is 13.3. The molecule has 0 saturated carbocycles. The van der Waals surface area contributed by atoms with Crippen LogP contribution in [0.4, 0.5) is 10.5 Å². The van der Waals surface area contributed by atoms with E-state index in [1.54, 1.807) is 21.9 Å². The lowest BCUT2D eigenvalue weighted by atomic mass is 9.98. The zero-order valence-corrected chi connectivity index (χ0v) is 22.6. The van der Waals surface area contributed by atoms with Gasteiger partial charge in [-0.05, 0) is 67.1 Å².